The third-order valence-electron chi connectivity index (χ3n) is 2.92. The number of hydrazine groups is 1. The first-order valence-electron chi connectivity index (χ1n) is 5.92. The van der Waals surface area contributed by atoms with E-state index >= 15 is 0 Å². The van der Waals surface area contributed by atoms with Crippen molar-refractivity contribution >= 4 is 15.8 Å². The summed E-state index contributed by atoms with van der Waals surface area (Å²) in [5.74, 6) is 5.46. The standard InChI is InChI=1S/C11H18N4O3S/c1-11(2)8-15(6-7-18-11)19(16,17)9-4-3-5-13-10(9)14-12/h3-5H,6-8,12H2,1-2H3,(H,13,14). The lowest BCUT2D eigenvalue weighted by molar-refractivity contribution is -0.0640. The quantitative estimate of drug-likeness (QED) is 0.607. The zero-order valence-electron chi connectivity index (χ0n) is 11.0. The van der Waals surface area contributed by atoms with Crippen molar-refractivity contribution in [3.8, 4) is 0 Å². The number of morpholine rings is 1. The summed E-state index contributed by atoms with van der Waals surface area (Å²) in [5.41, 5.74) is 1.82. The minimum atomic E-state index is -3.63. The monoisotopic (exact) mass is 286 g/mol. The number of nitrogens with one attached hydrogen (secondary N) is 1. The molecule has 1 aliphatic rings. The van der Waals surface area contributed by atoms with Crippen LogP contribution in [-0.4, -0.2) is 43.0 Å². The number of anilines is 1. The van der Waals surface area contributed by atoms with Crippen LogP contribution in [0.4, 0.5) is 5.82 Å². The molecular weight excluding hydrogens is 268 g/mol. The van der Waals surface area contributed by atoms with Crippen molar-refractivity contribution in [2.45, 2.75) is 24.3 Å². The summed E-state index contributed by atoms with van der Waals surface area (Å²) in [6.45, 7) is 4.72. The molecule has 106 valence electrons. The highest BCUT2D eigenvalue weighted by Gasteiger charge is 2.36. The van der Waals surface area contributed by atoms with Gasteiger partial charge in [0.1, 0.15) is 4.90 Å². The van der Waals surface area contributed by atoms with Crippen LogP contribution >= 0.6 is 0 Å². The molecule has 2 rings (SSSR count). The Labute approximate surface area is 112 Å². The predicted octanol–water partition coefficient (Wildman–Crippen LogP) is 0.167. The van der Waals surface area contributed by atoms with Crippen molar-refractivity contribution in [3.05, 3.63) is 18.3 Å². The number of hydrogen-bond acceptors (Lipinski definition) is 6. The summed E-state index contributed by atoms with van der Waals surface area (Å²) in [6, 6.07) is 3.05. The maximum atomic E-state index is 12.6. The van der Waals surface area contributed by atoms with Crippen molar-refractivity contribution in [1.29, 1.82) is 0 Å². The second-order valence-corrected chi connectivity index (χ2v) is 6.85. The highest BCUT2D eigenvalue weighted by atomic mass is 32.2. The Morgan fingerprint density at radius 1 is 1.53 bits per heavy atom. The molecule has 0 radical (unpaired) electrons. The highest BCUT2D eigenvalue weighted by Crippen LogP contribution is 2.26. The van der Waals surface area contributed by atoms with Gasteiger partial charge in [0.05, 0.1) is 12.2 Å². The van der Waals surface area contributed by atoms with Crippen LogP contribution in [0.15, 0.2) is 23.2 Å². The number of pyridine rings is 1. The summed E-state index contributed by atoms with van der Waals surface area (Å²) in [5, 5.41) is 0. The third kappa shape index (κ3) is 2.86. The number of hydrogen-bond donors (Lipinski definition) is 2. The van der Waals surface area contributed by atoms with Crippen LogP contribution in [0.25, 0.3) is 0 Å². The van der Waals surface area contributed by atoms with E-state index in [9.17, 15) is 8.42 Å². The molecule has 0 spiro atoms. The zero-order valence-corrected chi connectivity index (χ0v) is 11.8. The van der Waals surface area contributed by atoms with Crippen LogP contribution in [0.1, 0.15) is 13.8 Å². The molecule has 0 amide bonds. The number of nitrogen functional groups attached to an aromatic ring is 1. The molecule has 8 heteroatoms. The molecule has 1 aliphatic heterocycles. The van der Waals surface area contributed by atoms with Gasteiger partial charge in [-0.2, -0.15) is 4.31 Å². The van der Waals surface area contributed by atoms with Crippen LogP contribution in [0, 0.1) is 0 Å². The summed E-state index contributed by atoms with van der Waals surface area (Å²) < 4.78 is 32.1. The fourth-order valence-corrected chi connectivity index (χ4v) is 3.70. The van der Waals surface area contributed by atoms with E-state index < -0.39 is 15.6 Å². The van der Waals surface area contributed by atoms with E-state index in [1.165, 1.54) is 16.6 Å². The van der Waals surface area contributed by atoms with E-state index in [2.05, 4.69) is 10.4 Å². The Kier molecular flexibility index (Phi) is 3.77. The fourth-order valence-electron chi connectivity index (χ4n) is 2.02. The van der Waals surface area contributed by atoms with Crippen molar-refractivity contribution in [1.82, 2.24) is 9.29 Å². The van der Waals surface area contributed by atoms with Gasteiger partial charge in [0.2, 0.25) is 10.0 Å². The Morgan fingerprint density at radius 2 is 2.26 bits per heavy atom. The minimum Gasteiger partial charge on any atom is -0.373 e. The van der Waals surface area contributed by atoms with Gasteiger partial charge in [0.15, 0.2) is 5.82 Å². The SMILES string of the molecule is CC1(C)CN(S(=O)(=O)c2cccnc2NN)CCO1. The molecule has 0 unspecified atom stereocenters. The van der Waals surface area contributed by atoms with E-state index in [1.54, 1.807) is 6.07 Å². The van der Waals surface area contributed by atoms with Gasteiger partial charge in [0.25, 0.3) is 0 Å². The van der Waals surface area contributed by atoms with Crippen molar-refractivity contribution < 1.29 is 13.2 Å². The first kappa shape index (κ1) is 14.2. The van der Waals surface area contributed by atoms with E-state index in [4.69, 9.17) is 10.6 Å². The zero-order chi connectivity index (χ0) is 14.1. The Balaban J connectivity index is 2.37. The Bertz CT molecular complexity index is 559. The van der Waals surface area contributed by atoms with Crippen LogP contribution in [0.2, 0.25) is 0 Å². The van der Waals surface area contributed by atoms with Gasteiger partial charge in [-0.25, -0.2) is 19.2 Å². The summed E-state index contributed by atoms with van der Waals surface area (Å²) in [4.78, 5) is 4.00. The number of aromatic nitrogens is 1. The summed E-state index contributed by atoms with van der Waals surface area (Å²) in [6.07, 6.45) is 1.48. The van der Waals surface area contributed by atoms with Crippen LogP contribution in [-0.2, 0) is 14.8 Å². The summed E-state index contributed by atoms with van der Waals surface area (Å²) >= 11 is 0. The topological polar surface area (TPSA) is 97.6 Å². The van der Waals surface area contributed by atoms with E-state index in [-0.39, 0.29) is 10.7 Å². The van der Waals surface area contributed by atoms with Crippen molar-refractivity contribution in [2.75, 3.05) is 25.1 Å². The highest BCUT2D eigenvalue weighted by molar-refractivity contribution is 7.89. The molecule has 0 bridgehead atoms. The molecule has 1 aromatic rings. The fraction of sp³-hybridized carbons (Fsp3) is 0.545. The molecular formula is C11H18N4O3S. The summed E-state index contributed by atoms with van der Waals surface area (Å²) in [7, 11) is -3.63. The molecule has 0 aromatic carbocycles. The van der Waals surface area contributed by atoms with E-state index in [1.807, 2.05) is 13.8 Å². The Hall–Kier alpha value is -1.22. The average molecular weight is 286 g/mol. The van der Waals surface area contributed by atoms with Crippen LogP contribution in [0.3, 0.4) is 0 Å². The van der Waals surface area contributed by atoms with Gasteiger partial charge >= 0.3 is 0 Å². The number of rotatable bonds is 3. The predicted molar refractivity (Wildman–Crippen MR) is 70.8 cm³/mol. The number of sulfonamides is 1. The van der Waals surface area contributed by atoms with Gasteiger partial charge in [-0.1, -0.05) is 0 Å². The molecule has 0 saturated carbocycles. The second-order valence-electron chi connectivity index (χ2n) is 4.94. The smallest absolute Gasteiger partial charge is 0.246 e. The molecule has 1 fully saturated rings. The maximum absolute atomic E-state index is 12.6. The Morgan fingerprint density at radius 3 is 2.89 bits per heavy atom. The van der Waals surface area contributed by atoms with E-state index in [0.29, 0.717) is 19.7 Å². The van der Waals surface area contributed by atoms with Gasteiger partial charge in [-0.3, -0.25) is 0 Å². The lowest BCUT2D eigenvalue weighted by Crippen LogP contribution is -2.50. The molecule has 0 aliphatic carbocycles. The molecule has 0 atom stereocenters. The maximum Gasteiger partial charge on any atom is 0.246 e. The molecule has 1 aromatic heterocycles. The lowest BCUT2D eigenvalue weighted by atomic mass is 10.1. The first-order chi connectivity index (χ1) is 8.87. The minimum absolute atomic E-state index is 0.0789. The second kappa shape index (κ2) is 5.04. The average Bonchev–Trinajstić information content (AvgIpc) is 2.37. The van der Waals surface area contributed by atoms with Crippen LogP contribution in [0.5, 0.6) is 0 Å². The largest absolute Gasteiger partial charge is 0.373 e. The molecule has 3 N–H and O–H groups in total. The van der Waals surface area contributed by atoms with Crippen molar-refractivity contribution in [2.24, 2.45) is 5.84 Å². The number of nitrogens with zero attached hydrogens (tertiary/aromatic N) is 2. The van der Waals surface area contributed by atoms with Gasteiger partial charge < -0.3 is 10.2 Å². The molecule has 19 heavy (non-hydrogen) atoms. The first-order valence-corrected chi connectivity index (χ1v) is 7.36. The number of ether oxygens (including phenoxy) is 1. The lowest BCUT2D eigenvalue weighted by Gasteiger charge is -2.37. The molecule has 1 saturated heterocycles. The van der Waals surface area contributed by atoms with Crippen molar-refractivity contribution in [3.63, 3.8) is 0 Å². The van der Waals surface area contributed by atoms with Gasteiger partial charge in [0, 0.05) is 19.3 Å². The normalized spacial score (nSPS) is 20.2. The third-order valence-corrected chi connectivity index (χ3v) is 4.79. The van der Waals surface area contributed by atoms with E-state index in [0.717, 1.165) is 0 Å². The van der Waals surface area contributed by atoms with Gasteiger partial charge in [-0.05, 0) is 26.0 Å². The number of nitrogens with two attached hydrogens (primary N) is 1. The van der Waals surface area contributed by atoms with Crippen LogP contribution < -0.4 is 11.3 Å². The molecule has 2 heterocycles. The molecule has 7 nitrogen and oxygen atoms in total. The van der Waals surface area contributed by atoms with Gasteiger partial charge in [-0.15, -0.1) is 0 Å².